The van der Waals surface area contributed by atoms with E-state index in [9.17, 15) is 0 Å². The number of aromatic nitrogens is 5. The van der Waals surface area contributed by atoms with Crippen LogP contribution >= 0.6 is 0 Å². The topological polar surface area (TPSA) is 61.7 Å². The minimum Gasteiger partial charge on any atom is -0.445 e. The van der Waals surface area contributed by atoms with Gasteiger partial charge in [0.1, 0.15) is 12.1 Å². The van der Waals surface area contributed by atoms with E-state index in [0.29, 0.717) is 5.89 Å². The summed E-state index contributed by atoms with van der Waals surface area (Å²) in [6.45, 7) is 0. The SMILES string of the molecule is Cn1c(-c2ccc3c4ccccc4n(-c4cccc(-c5ccccn5)c4)c3c2)nc2cc(-c3ncco3)ccc21. The third-order valence-corrected chi connectivity index (χ3v) is 7.56. The summed E-state index contributed by atoms with van der Waals surface area (Å²) >= 11 is 0. The number of nitrogens with zero attached hydrogens (tertiary/aromatic N) is 5. The molecule has 0 N–H and O–H groups in total. The van der Waals surface area contributed by atoms with Crippen LogP contribution in [-0.4, -0.2) is 24.1 Å². The highest BCUT2D eigenvalue weighted by atomic mass is 16.3. The molecule has 4 heterocycles. The lowest BCUT2D eigenvalue weighted by molar-refractivity contribution is 0.574. The van der Waals surface area contributed by atoms with Crippen LogP contribution in [0.25, 0.3) is 72.6 Å². The van der Waals surface area contributed by atoms with Crippen molar-refractivity contribution in [3.63, 3.8) is 0 Å². The summed E-state index contributed by atoms with van der Waals surface area (Å²) < 4.78 is 9.99. The maximum Gasteiger partial charge on any atom is 0.225 e. The van der Waals surface area contributed by atoms with Crippen LogP contribution in [0.4, 0.5) is 0 Å². The third-order valence-electron chi connectivity index (χ3n) is 7.56. The predicted octanol–water partition coefficient (Wildman–Crippen LogP) is 8.05. The second kappa shape index (κ2) is 8.78. The Bertz CT molecular complexity index is 2170. The molecule has 0 bridgehead atoms. The Kier molecular flexibility index (Phi) is 4.94. The van der Waals surface area contributed by atoms with Crippen LogP contribution in [0.5, 0.6) is 0 Å². The van der Waals surface area contributed by atoms with Crippen molar-refractivity contribution in [2.75, 3.05) is 0 Å². The fourth-order valence-corrected chi connectivity index (χ4v) is 5.68. The van der Waals surface area contributed by atoms with Gasteiger partial charge in [0.15, 0.2) is 0 Å². The first-order chi connectivity index (χ1) is 19.7. The van der Waals surface area contributed by atoms with Gasteiger partial charge >= 0.3 is 0 Å². The summed E-state index contributed by atoms with van der Waals surface area (Å²) in [5.41, 5.74) is 9.32. The average Bonchev–Trinajstić information content (AvgIpc) is 3.74. The van der Waals surface area contributed by atoms with Gasteiger partial charge in [-0.25, -0.2) is 9.97 Å². The van der Waals surface area contributed by atoms with Gasteiger partial charge in [-0.2, -0.15) is 0 Å². The minimum absolute atomic E-state index is 0.591. The molecular weight excluding hydrogens is 494 g/mol. The number of benzene rings is 4. The van der Waals surface area contributed by atoms with Gasteiger partial charge in [-0.1, -0.05) is 48.5 Å². The zero-order valence-corrected chi connectivity index (χ0v) is 21.7. The summed E-state index contributed by atoms with van der Waals surface area (Å²) in [7, 11) is 2.06. The monoisotopic (exact) mass is 517 g/mol. The molecule has 0 amide bonds. The molecule has 4 aromatic carbocycles. The highest BCUT2D eigenvalue weighted by Crippen LogP contribution is 2.36. The summed E-state index contributed by atoms with van der Waals surface area (Å²) in [6, 6.07) is 35.9. The molecule has 4 aromatic heterocycles. The van der Waals surface area contributed by atoms with Crippen molar-refractivity contribution in [2.24, 2.45) is 7.05 Å². The first-order valence-corrected chi connectivity index (χ1v) is 13.2. The summed E-state index contributed by atoms with van der Waals surface area (Å²) in [5, 5.41) is 2.42. The summed E-state index contributed by atoms with van der Waals surface area (Å²) in [5.74, 6) is 1.49. The minimum atomic E-state index is 0.591. The number of hydrogen-bond donors (Lipinski definition) is 0. The Hall–Kier alpha value is -5.49. The van der Waals surface area contributed by atoms with Gasteiger partial charge in [0.2, 0.25) is 5.89 Å². The lowest BCUT2D eigenvalue weighted by atomic mass is 10.1. The first-order valence-electron chi connectivity index (χ1n) is 13.2. The molecule has 6 nitrogen and oxygen atoms in total. The molecule has 0 aliphatic carbocycles. The Morgan fingerprint density at radius 1 is 0.625 bits per heavy atom. The fourth-order valence-electron chi connectivity index (χ4n) is 5.68. The number of imidazole rings is 1. The summed E-state index contributed by atoms with van der Waals surface area (Å²) in [6.07, 6.45) is 5.08. The van der Waals surface area contributed by atoms with E-state index in [4.69, 9.17) is 9.40 Å². The molecular formula is C34H23N5O. The zero-order chi connectivity index (χ0) is 26.6. The van der Waals surface area contributed by atoms with Crippen molar-refractivity contribution in [3.05, 3.63) is 122 Å². The fraction of sp³-hybridized carbons (Fsp3) is 0.0294. The molecule has 8 rings (SSSR count). The second-order valence-electron chi connectivity index (χ2n) is 9.88. The van der Waals surface area contributed by atoms with E-state index < -0.39 is 0 Å². The predicted molar refractivity (Wildman–Crippen MR) is 159 cm³/mol. The summed E-state index contributed by atoms with van der Waals surface area (Å²) in [4.78, 5) is 13.9. The van der Waals surface area contributed by atoms with Crippen molar-refractivity contribution in [3.8, 4) is 39.8 Å². The molecule has 0 saturated heterocycles. The van der Waals surface area contributed by atoms with Gasteiger partial charge in [-0.05, 0) is 54.6 Å². The highest BCUT2D eigenvalue weighted by Gasteiger charge is 2.17. The highest BCUT2D eigenvalue weighted by molar-refractivity contribution is 6.10. The Morgan fingerprint density at radius 2 is 1.50 bits per heavy atom. The largest absolute Gasteiger partial charge is 0.445 e. The standard InChI is InChI=1S/C34H23N5O/c1-38-31-15-13-24(34-36-17-18-40-34)20-29(31)37-33(38)23-12-14-27-26-9-2-3-11-30(26)39(32(27)21-23)25-8-6-7-22(19-25)28-10-4-5-16-35-28/h2-21H,1H3. The first kappa shape index (κ1) is 22.5. The lowest BCUT2D eigenvalue weighted by Crippen LogP contribution is -1.96. The average molecular weight is 518 g/mol. The number of aryl methyl sites for hydroxylation is 1. The molecule has 190 valence electrons. The molecule has 0 saturated carbocycles. The number of rotatable bonds is 4. The second-order valence-corrected chi connectivity index (χ2v) is 9.88. The van der Waals surface area contributed by atoms with Crippen molar-refractivity contribution >= 4 is 32.8 Å². The number of fused-ring (bicyclic) bond motifs is 4. The van der Waals surface area contributed by atoms with Crippen LogP contribution in [0.1, 0.15) is 0 Å². The van der Waals surface area contributed by atoms with E-state index in [1.807, 2.05) is 36.5 Å². The lowest BCUT2D eigenvalue weighted by Gasteiger charge is -2.11. The van der Waals surface area contributed by atoms with E-state index >= 15 is 0 Å². The van der Waals surface area contributed by atoms with Crippen molar-refractivity contribution < 1.29 is 4.42 Å². The molecule has 8 aromatic rings. The molecule has 0 aliphatic rings. The van der Waals surface area contributed by atoms with Crippen molar-refractivity contribution in [1.82, 2.24) is 24.1 Å². The van der Waals surface area contributed by atoms with Crippen LogP contribution in [0.2, 0.25) is 0 Å². The van der Waals surface area contributed by atoms with Crippen molar-refractivity contribution in [1.29, 1.82) is 0 Å². The van der Waals surface area contributed by atoms with Gasteiger partial charge in [-0.15, -0.1) is 0 Å². The number of para-hydroxylation sites is 1. The molecule has 0 unspecified atom stereocenters. The molecule has 0 fully saturated rings. The number of pyridine rings is 1. The zero-order valence-electron chi connectivity index (χ0n) is 21.7. The van der Waals surface area contributed by atoms with Gasteiger partial charge in [0.05, 0.1) is 34.0 Å². The maximum atomic E-state index is 5.51. The molecule has 40 heavy (non-hydrogen) atoms. The van der Waals surface area contributed by atoms with Crippen molar-refractivity contribution in [2.45, 2.75) is 0 Å². The maximum absolute atomic E-state index is 5.51. The van der Waals surface area contributed by atoms with Gasteiger partial charge in [-0.3, -0.25) is 4.98 Å². The molecule has 0 spiro atoms. The van der Waals surface area contributed by atoms with E-state index in [1.165, 1.54) is 10.8 Å². The van der Waals surface area contributed by atoms with Crippen LogP contribution < -0.4 is 0 Å². The van der Waals surface area contributed by atoms with Gasteiger partial charge < -0.3 is 13.6 Å². The Balaban J connectivity index is 1.33. The van der Waals surface area contributed by atoms with E-state index in [1.54, 1.807) is 12.5 Å². The van der Waals surface area contributed by atoms with Crippen LogP contribution in [0, 0.1) is 0 Å². The van der Waals surface area contributed by atoms with Crippen LogP contribution in [-0.2, 0) is 7.05 Å². The van der Waals surface area contributed by atoms with Gasteiger partial charge in [0.25, 0.3) is 0 Å². The quantitative estimate of drug-likeness (QED) is 0.237. The normalized spacial score (nSPS) is 11.6. The third kappa shape index (κ3) is 3.47. The molecule has 6 heteroatoms. The molecule has 0 radical (unpaired) electrons. The van der Waals surface area contributed by atoms with Gasteiger partial charge in [0, 0.05) is 46.4 Å². The Morgan fingerprint density at radius 3 is 2.38 bits per heavy atom. The molecule has 0 aliphatic heterocycles. The molecule has 0 atom stereocenters. The van der Waals surface area contributed by atoms with Crippen LogP contribution in [0.15, 0.2) is 126 Å². The smallest absolute Gasteiger partial charge is 0.225 e. The number of oxazole rings is 1. The van der Waals surface area contributed by atoms with E-state index in [0.717, 1.165) is 56.0 Å². The van der Waals surface area contributed by atoms with Crippen LogP contribution in [0.3, 0.4) is 0 Å². The van der Waals surface area contributed by atoms with E-state index in [2.05, 4.69) is 98.9 Å². The number of hydrogen-bond acceptors (Lipinski definition) is 4. The van der Waals surface area contributed by atoms with E-state index in [-0.39, 0.29) is 0 Å². The Labute approximate surface area is 229 Å².